The van der Waals surface area contributed by atoms with E-state index in [0.717, 1.165) is 6.07 Å². The highest BCUT2D eigenvalue weighted by molar-refractivity contribution is 8.56. The lowest BCUT2D eigenvalue weighted by Gasteiger charge is -2.32. The summed E-state index contributed by atoms with van der Waals surface area (Å²) in [6.07, 6.45) is 1.29. The number of benzene rings is 2. The minimum atomic E-state index is -4.98. The maximum Gasteiger partial charge on any atom is 0.319 e. The number of hydrogen-bond donors (Lipinski definition) is 0. The van der Waals surface area contributed by atoms with E-state index in [9.17, 15) is 18.2 Å². The Hall–Kier alpha value is -1.16. The zero-order chi connectivity index (χ0) is 14.8. The molecular formula is C14H12F2O2PS-. The second-order valence-corrected chi connectivity index (χ2v) is 8.51. The summed E-state index contributed by atoms with van der Waals surface area (Å²) in [6, 6.07) is 10.7. The largest absolute Gasteiger partial charge is 0.787 e. The van der Waals surface area contributed by atoms with Gasteiger partial charge in [0, 0.05) is 11.3 Å². The molecule has 1 atom stereocenters. The highest BCUT2D eigenvalue weighted by Gasteiger charge is 2.44. The van der Waals surface area contributed by atoms with Crippen molar-refractivity contribution >= 4 is 28.7 Å². The number of hydrogen-bond acceptors (Lipinski definition) is 3. The molecule has 0 spiro atoms. The van der Waals surface area contributed by atoms with Gasteiger partial charge in [0.25, 0.3) is 0 Å². The van der Waals surface area contributed by atoms with Gasteiger partial charge >= 0.3 is 5.66 Å². The highest BCUT2D eigenvalue weighted by atomic mass is 32.7. The Morgan fingerprint density at radius 3 is 2.60 bits per heavy atom. The SMILES string of the molecule is C=CCSP(=O)([O-])C(F)(F)c1cccc2ccccc12. The summed E-state index contributed by atoms with van der Waals surface area (Å²) < 4.78 is 40.6. The predicted octanol–water partition coefficient (Wildman–Crippen LogP) is 4.36. The van der Waals surface area contributed by atoms with E-state index >= 15 is 0 Å². The predicted molar refractivity (Wildman–Crippen MR) is 78.1 cm³/mol. The van der Waals surface area contributed by atoms with Gasteiger partial charge in [-0.2, -0.15) is 8.78 Å². The van der Waals surface area contributed by atoms with Gasteiger partial charge in [0.05, 0.1) is 0 Å². The van der Waals surface area contributed by atoms with Crippen molar-refractivity contribution in [2.45, 2.75) is 5.66 Å². The van der Waals surface area contributed by atoms with Crippen molar-refractivity contribution in [2.24, 2.45) is 0 Å². The third kappa shape index (κ3) is 2.66. The maximum atomic E-state index is 14.4. The average Bonchev–Trinajstić information content (AvgIpc) is 2.44. The fourth-order valence-corrected chi connectivity index (χ4v) is 4.51. The Morgan fingerprint density at radius 2 is 1.90 bits per heavy atom. The Balaban J connectivity index is 2.57. The molecule has 6 heteroatoms. The molecule has 2 rings (SSSR count). The van der Waals surface area contributed by atoms with Crippen LogP contribution in [-0.4, -0.2) is 5.75 Å². The summed E-state index contributed by atoms with van der Waals surface area (Å²) in [4.78, 5) is 11.8. The standard InChI is InChI=1S/C14H13F2O2PS/c1-2-10-20-19(17,18)14(15,16)13-9-5-7-11-6-3-4-8-12(11)13/h2-9H,1,10H2,(H,17,18)/p-1. The van der Waals surface area contributed by atoms with Crippen LogP contribution in [0.5, 0.6) is 0 Å². The molecular weight excluding hydrogens is 301 g/mol. The fourth-order valence-electron chi connectivity index (χ4n) is 1.87. The molecule has 0 saturated carbocycles. The monoisotopic (exact) mass is 313 g/mol. The molecule has 0 aliphatic heterocycles. The zero-order valence-corrected chi connectivity index (χ0v) is 12.2. The van der Waals surface area contributed by atoms with E-state index in [0.29, 0.717) is 5.39 Å². The third-order valence-electron chi connectivity index (χ3n) is 2.82. The lowest BCUT2D eigenvalue weighted by atomic mass is 10.1. The van der Waals surface area contributed by atoms with Crippen LogP contribution in [0, 0.1) is 0 Å². The first-order chi connectivity index (χ1) is 9.40. The quantitative estimate of drug-likeness (QED) is 0.608. The first kappa shape index (κ1) is 15.2. The van der Waals surface area contributed by atoms with Crippen LogP contribution < -0.4 is 4.89 Å². The lowest BCUT2D eigenvalue weighted by molar-refractivity contribution is -0.188. The van der Waals surface area contributed by atoms with Gasteiger partial charge in [-0.1, -0.05) is 48.5 Å². The molecule has 0 amide bonds. The summed E-state index contributed by atoms with van der Waals surface area (Å²) in [6.45, 7) is -1.63. The molecule has 1 unspecified atom stereocenters. The van der Waals surface area contributed by atoms with E-state index in [4.69, 9.17) is 0 Å². The van der Waals surface area contributed by atoms with Crippen molar-refractivity contribution in [3.8, 4) is 0 Å². The smallest absolute Gasteiger partial charge is 0.319 e. The van der Waals surface area contributed by atoms with E-state index < -0.39 is 17.8 Å². The molecule has 2 aromatic carbocycles. The van der Waals surface area contributed by atoms with E-state index in [2.05, 4.69) is 6.58 Å². The van der Waals surface area contributed by atoms with Crippen molar-refractivity contribution in [3.05, 3.63) is 60.7 Å². The molecule has 2 nitrogen and oxygen atoms in total. The van der Waals surface area contributed by atoms with Gasteiger partial charge in [-0.3, -0.25) is 0 Å². The topological polar surface area (TPSA) is 40.1 Å². The number of rotatable bonds is 5. The molecule has 0 aliphatic carbocycles. The maximum absolute atomic E-state index is 14.4. The second-order valence-electron chi connectivity index (χ2n) is 4.15. The molecule has 0 bridgehead atoms. The summed E-state index contributed by atoms with van der Waals surface area (Å²) in [5.74, 6) is -0.0683. The van der Waals surface area contributed by atoms with Crippen LogP contribution in [0.2, 0.25) is 0 Å². The Bertz CT molecular complexity index is 682. The van der Waals surface area contributed by atoms with Crippen LogP contribution in [0.15, 0.2) is 55.1 Å². The minimum absolute atomic E-state index is 0.0683. The number of halogens is 2. The average molecular weight is 313 g/mol. The van der Waals surface area contributed by atoms with Crippen molar-refractivity contribution < 1.29 is 18.2 Å². The normalized spacial score (nSPS) is 14.9. The highest BCUT2D eigenvalue weighted by Crippen LogP contribution is 2.68. The number of fused-ring (bicyclic) bond motifs is 1. The first-order valence-corrected chi connectivity index (χ1v) is 9.04. The van der Waals surface area contributed by atoms with Gasteiger partial charge in [-0.15, -0.1) is 18.0 Å². The van der Waals surface area contributed by atoms with Crippen LogP contribution in [0.25, 0.3) is 10.8 Å². The van der Waals surface area contributed by atoms with E-state index in [1.165, 1.54) is 18.2 Å². The van der Waals surface area contributed by atoms with Crippen LogP contribution in [-0.2, 0) is 10.2 Å². The molecule has 2 aromatic rings. The van der Waals surface area contributed by atoms with Crippen molar-refractivity contribution in [2.75, 3.05) is 5.75 Å². The second kappa shape index (κ2) is 5.68. The van der Waals surface area contributed by atoms with Crippen LogP contribution in [0.4, 0.5) is 8.78 Å². The van der Waals surface area contributed by atoms with Gasteiger partial charge in [0.15, 0.2) is 0 Å². The summed E-state index contributed by atoms with van der Waals surface area (Å²) in [5.41, 5.74) is -4.40. The van der Waals surface area contributed by atoms with Gasteiger partial charge in [-0.25, -0.2) is 0 Å². The zero-order valence-electron chi connectivity index (χ0n) is 10.5. The van der Waals surface area contributed by atoms with Gasteiger partial charge < -0.3 is 9.46 Å². The van der Waals surface area contributed by atoms with Crippen LogP contribution in [0.1, 0.15) is 5.56 Å². The summed E-state index contributed by atoms with van der Waals surface area (Å²) in [7, 11) is 0. The molecule has 0 heterocycles. The fraction of sp³-hybridized carbons (Fsp3) is 0.143. The molecule has 0 aromatic heterocycles. The molecule has 0 N–H and O–H groups in total. The van der Waals surface area contributed by atoms with E-state index in [-0.39, 0.29) is 22.5 Å². The Kier molecular flexibility index (Phi) is 4.33. The van der Waals surface area contributed by atoms with Gasteiger partial charge in [0.2, 0.25) is 0 Å². The number of alkyl halides is 2. The summed E-state index contributed by atoms with van der Waals surface area (Å²) >= 11 is 0.221. The third-order valence-corrected chi connectivity index (χ3v) is 6.63. The van der Waals surface area contributed by atoms with E-state index in [1.54, 1.807) is 24.3 Å². The summed E-state index contributed by atoms with van der Waals surface area (Å²) in [5, 5.41) is 0.827. The minimum Gasteiger partial charge on any atom is -0.787 e. The van der Waals surface area contributed by atoms with Crippen molar-refractivity contribution in [1.29, 1.82) is 0 Å². The molecule has 0 radical (unpaired) electrons. The van der Waals surface area contributed by atoms with Crippen LogP contribution >= 0.6 is 18.0 Å². The van der Waals surface area contributed by atoms with Gasteiger partial charge in [-0.05, 0) is 10.8 Å². The van der Waals surface area contributed by atoms with E-state index in [1.807, 2.05) is 0 Å². The molecule has 106 valence electrons. The van der Waals surface area contributed by atoms with Crippen molar-refractivity contribution in [1.82, 2.24) is 0 Å². The van der Waals surface area contributed by atoms with Crippen LogP contribution in [0.3, 0.4) is 0 Å². The molecule has 0 saturated heterocycles. The Labute approximate surface area is 119 Å². The molecule has 0 fully saturated rings. The lowest BCUT2D eigenvalue weighted by Crippen LogP contribution is -2.20. The first-order valence-electron chi connectivity index (χ1n) is 5.83. The molecule has 0 aliphatic rings. The molecule has 20 heavy (non-hydrogen) atoms. The van der Waals surface area contributed by atoms with Crippen molar-refractivity contribution in [3.63, 3.8) is 0 Å². The van der Waals surface area contributed by atoms with Gasteiger partial charge in [0.1, 0.15) is 6.57 Å². The Morgan fingerprint density at radius 1 is 1.25 bits per heavy atom.